The van der Waals surface area contributed by atoms with Crippen molar-refractivity contribution in [1.29, 1.82) is 0 Å². The van der Waals surface area contributed by atoms with Gasteiger partial charge in [-0.2, -0.15) is 0 Å². The molecule has 472 valence electrons. The van der Waals surface area contributed by atoms with Crippen molar-refractivity contribution in [3.05, 3.63) is 134 Å². The molecule has 0 fully saturated rings. The molecule has 0 N–H and O–H groups in total. The molecular weight excluding hydrogens is 1020 g/mol. The van der Waals surface area contributed by atoms with Crippen LogP contribution in [0.4, 0.5) is 0 Å². The molecule has 0 aliphatic carbocycles. The van der Waals surface area contributed by atoms with Crippen LogP contribution in [0.2, 0.25) is 0 Å². The summed E-state index contributed by atoms with van der Waals surface area (Å²) in [5.41, 5.74) is 0. The summed E-state index contributed by atoms with van der Waals surface area (Å²) in [5, 5.41) is 0. The largest absolute Gasteiger partial charge is 0.462 e. The smallest absolute Gasteiger partial charge is 0.306 e. The van der Waals surface area contributed by atoms with Crippen LogP contribution in [0.15, 0.2) is 134 Å². The van der Waals surface area contributed by atoms with E-state index in [9.17, 15) is 14.4 Å². The highest BCUT2D eigenvalue weighted by Gasteiger charge is 2.19. The van der Waals surface area contributed by atoms with Gasteiger partial charge in [-0.15, -0.1) is 0 Å². The molecule has 0 aliphatic rings. The first-order valence-corrected chi connectivity index (χ1v) is 34.7. The molecule has 0 spiro atoms. The Hall–Kier alpha value is -4.45. The molecular formula is C77H128O6. The second kappa shape index (κ2) is 70.0. The zero-order chi connectivity index (χ0) is 59.9. The molecule has 0 aromatic rings. The molecule has 6 nitrogen and oxygen atoms in total. The van der Waals surface area contributed by atoms with Crippen molar-refractivity contribution in [2.45, 2.75) is 322 Å². The van der Waals surface area contributed by atoms with Gasteiger partial charge >= 0.3 is 17.9 Å². The number of ether oxygens (including phenoxy) is 3. The summed E-state index contributed by atoms with van der Waals surface area (Å²) in [6.45, 7) is 6.47. The van der Waals surface area contributed by atoms with E-state index in [0.717, 1.165) is 122 Å². The van der Waals surface area contributed by atoms with Crippen LogP contribution in [-0.2, 0) is 28.6 Å². The molecule has 0 bridgehead atoms. The SMILES string of the molecule is CC/C=C\C/C=C\C/C=C\C/C=C\C/C=C\C/C=C\C/C=C\C/C=C\CCCCCCCCCCCCC(=O)OCC(COC(=O)CCCCCCC/C=C\CCCC)OC(=O)CCCCCCCCCCC/C=C\C/C=C\CCCCC. The second-order valence-electron chi connectivity index (χ2n) is 22.7. The molecule has 6 heteroatoms. The van der Waals surface area contributed by atoms with Gasteiger partial charge in [0.25, 0.3) is 0 Å². The third-order valence-corrected chi connectivity index (χ3v) is 14.6. The van der Waals surface area contributed by atoms with Crippen LogP contribution in [0.3, 0.4) is 0 Å². The summed E-state index contributed by atoms with van der Waals surface area (Å²) < 4.78 is 16.9. The minimum Gasteiger partial charge on any atom is -0.462 e. The number of hydrogen-bond acceptors (Lipinski definition) is 6. The van der Waals surface area contributed by atoms with Crippen molar-refractivity contribution in [2.24, 2.45) is 0 Å². The van der Waals surface area contributed by atoms with Crippen molar-refractivity contribution >= 4 is 17.9 Å². The molecule has 0 radical (unpaired) electrons. The highest BCUT2D eigenvalue weighted by Crippen LogP contribution is 2.16. The molecule has 0 aromatic heterocycles. The highest BCUT2D eigenvalue weighted by molar-refractivity contribution is 5.71. The van der Waals surface area contributed by atoms with Crippen molar-refractivity contribution in [2.75, 3.05) is 13.2 Å². The third-order valence-electron chi connectivity index (χ3n) is 14.6. The van der Waals surface area contributed by atoms with E-state index in [0.29, 0.717) is 19.3 Å². The number of unbranched alkanes of at least 4 members (excludes halogenated alkanes) is 29. The van der Waals surface area contributed by atoms with Gasteiger partial charge in [-0.25, -0.2) is 0 Å². The lowest BCUT2D eigenvalue weighted by Gasteiger charge is -2.18. The summed E-state index contributed by atoms with van der Waals surface area (Å²) in [5.74, 6) is -0.898. The molecule has 0 rings (SSSR count). The van der Waals surface area contributed by atoms with E-state index in [2.05, 4.69) is 154 Å². The monoisotopic (exact) mass is 1150 g/mol. The van der Waals surface area contributed by atoms with E-state index in [4.69, 9.17) is 14.2 Å². The van der Waals surface area contributed by atoms with Gasteiger partial charge in [0.2, 0.25) is 0 Å². The Balaban J connectivity index is 4.22. The van der Waals surface area contributed by atoms with Crippen molar-refractivity contribution in [1.82, 2.24) is 0 Å². The average Bonchev–Trinajstić information content (AvgIpc) is 3.48. The normalized spacial score (nSPS) is 13.0. The highest BCUT2D eigenvalue weighted by atomic mass is 16.6. The van der Waals surface area contributed by atoms with Crippen molar-refractivity contribution < 1.29 is 28.6 Å². The lowest BCUT2D eigenvalue weighted by molar-refractivity contribution is -0.167. The number of esters is 3. The van der Waals surface area contributed by atoms with Crippen LogP contribution in [0.5, 0.6) is 0 Å². The molecule has 0 heterocycles. The molecule has 0 saturated carbocycles. The summed E-state index contributed by atoms with van der Waals surface area (Å²) in [7, 11) is 0. The predicted molar refractivity (Wildman–Crippen MR) is 362 cm³/mol. The molecule has 0 amide bonds. The van der Waals surface area contributed by atoms with Gasteiger partial charge in [0.15, 0.2) is 6.10 Å². The Kier molecular flexibility index (Phi) is 66.3. The maximum absolute atomic E-state index is 12.9. The minimum atomic E-state index is -0.789. The van der Waals surface area contributed by atoms with Crippen LogP contribution < -0.4 is 0 Å². The van der Waals surface area contributed by atoms with E-state index in [1.54, 1.807) is 0 Å². The maximum Gasteiger partial charge on any atom is 0.306 e. The molecule has 0 aliphatic heterocycles. The van der Waals surface area contributed by atoms with Crippen LogP contribution in [0, 0.1) is 0 Å². The average molecular weight is 1150 g/mol. The number of carbonyl (C=O) groups is 3. The van der Waals surface area contributed by atoms with Crippen LogP contribution in [0.25, 0.3) is 0 Å². The van der Waals surface area contributed by atoms with Gasteiger partial charge in [0, 0.05) is 19.3 Å². The Morgan fingerprint density at radius 3 is 0.783 bits per heavy atom. The van der Waals surface area contributed by atoms with Gasteiger partial charge < -0.3 is 14.2 Å². The summed E-state index contributed by atoms with van der Waals surface area (Å²) in [6, 6.07) is 0. The molecule has 83 heavy (non-hydrogen) atoms. The first kappa shape index (κ1) is 78.5. The Morgan fingerprint density at radius 2 is 0.482 bits per heavy atom. The Labute approximate surface area is 513 Å². The van der Waals surface area contributed by atoms with E-state index < -0.39 is 6.10 Å². The topological polar surface area (TPSA) is 78.9 Å². The lowest BCUT2D eigenvalue weighted by atomic mass is 10.1. The fourth-order valence-corrected chi connectivity index (χ4v) is 9.41. The van der Waals surface area contributed by atoms with Gasteiger partial charge in [0.1, 0.15) is 13.2 Å². The molecule has 0 aromatic carbocycles. The van der Waals surface area contributed by atoms with Crippen LogP contribution in [-0.4, -0.2) is 37.2 Å². The van der Waals surface area contributed by atoms with E-state index in [-0.39, 0.29) is 31.1 Å². The van der Waals surface area contributed by atoms with Gasteiger partial charge in [0.05, 0.1) is 0 Å². The Morgan fingerprint density at radius 1 is 0.253 bits per heavy atom. The maximum atomic E-state index is 12.9. The third kappa shape index (κ3) is 68.2. The van der Waals surface area contributed by atoms with Crippen LogP contribution in [0.1, 0.15) is 316 Å². The predicted octanol–water partition coefficient (Wildman–Crippen LogP) is 24.1. The van der Waals surface area contributed by atoms with Gasteiger partial charge in [-0.05, 0) is 135 Å². The Bertz CT molecular complexity index is 1750. The number of carbonyl (C=O) groups excluding carboxylic acids is 3. The minimum absolute atomic E-state index is 0.0858. The van der Waals surface area contributed by atoms with Crippen molar-refractivity contribution in [3.63, 3.8) is 0 Å². The van der Waals surface area contributed by atoms with Crippen LogP contribution >= 0.6 is 0 Å². The number of allylic oxidation sites excluding steroid dienone is 22. The first-order valence-electron chi connectivity index (χ1n) is 34.7. The lowest BCUT2D eigenvalue weighted by Crippen LogP contribution is -2.30. The van der Waals surface area contributed by atoms with E-state index in [1.807, 2.05) is 0 Å². The molecule has 1 atom stereocenters. The number of hydrogen-bond donors (Lipinski definition) is 0. The number of rotatable bonds is 62. The molecule has 1 unspecified atom stereocenters. The van der Waals surface area contributed by atoms with E-state index in [1.165, 1.54) is 154 Å². The zero-order valence-electron chi connectivity index (χ0n) is 54.2. The molecule has 0 saturated heterocycles. The standard InChI is InChI=1S/C77H128O6/c1-4-7-10-13-16-19-22-24-26-28-30-31-32-33-34-35-36-37-38-39-40-41-42-43-44-45-47-48-50-52-55-58-61-64-67-70-76(79)82-73-74(72-81-75(78)69-66-63-60-57-54-21-18-15-12-9-6-3)83-77(80)71-68-65-62-59-56-53-51-49-46-29-27-25-23-20-17-14-11-8-5-2/h7,10,15-20,24-27,30-31,33-34,36-37,39-40,42-43,74H,4-6,8-9,11-14,21-23,28-29,32,35,38,41,44-73H2,1-3H3/b10-7-,18-15-,19-16-,20-17-,26-24-,27-25-,31-30-,34-33-,37-36-,40-39-,43-42-. The summed E-state index contributed by atoms with van der Waals surface area (Å²) in [4.78, 5) is 38.3. The summed E-state index contributed by atoms with van der Waals surface area (Å²) >= 11 is 0. The second-order valence-corrected chi connectivity index (χ2v) is 22.7. The van der Waals surface area contributed by atoms with E-state index >= 15 is 0 Å². The van der Waals surface area contributed by atoms with Crippen molar-refractivity contribution in [3.8, 4) is 0 Å². The zero-order valence-corrected chi connectivity index (χ0v) is 54.2. The quantitative estimate of drug-likeness (QED) is 0.0261. The fraction of sp³-hybridized carbons (Fsp3) is 0.675. The van der Waals surface area contributed by atoms with Gasteiger partial charge in [-0.1, -0.05) is 296 Å². The first-order chi connectivity index (χ1) is 41.0. The summed E-state index contributed by atoms with van der Waals surface area (Å²) in [6.07, 6.45) is 99.0. The fourth-order valence-electron chi connectivity index (χ4n) is 9.41. The van der Waals surface area contributed by atoms with Gasteiger partial charge in [-0.3, -0.25) is 14.4 Å².